The lowest BCUT2D eigenvalue weighted by molar-refractivity contribution is 0.0953. The Balaban J connectivity index is 1.50. The fourth-order valence-electron chi connectivity index (χ4n) is 2.78. The van der Waals surface area contributed by atoms with Crippen molar-refractivity contribution in [2.45, 2.75) is 13.0 Å². The summed E-state index contributed by atoms with van der Waals surface area (Å²) >= 11 is 6.15. The molecule has 3 rings (SSSR count). The Bertz CT molecular complexity index is 929. The summed E-state index contributed by atoms with van der Waals surface area (Å²) in [5.41, 5.74) is 2.56. The number of methoxy groups -OCH3 is 1. The van der Waals surface area contributed by atoms with E-state index >= 15 is 0 Å². The molecular weight excluding hydrogens is 374 g/mol. The minimum Gasteiger partial charge on any atom is -0.496 e. The zero-order valence-electron chi connectivity index (χ0n) is 15.6. The molecule has 0 atom stereocenters. The van der Waals surface area contributed by atoms with Crippen LogP contribution in [0.25, 0.3) is 0 Å². The Morgan fingerprint density at radius 2 is 1.79 bits per heavy atom. The third-order valence-electron chi connectivity index (χ3n) is 4.32. The van der Waals surface area contributed by atoms with Crippen molar-refractivity contribution in [1.29, 1.82) is 0 Å². The fourth-order valence-corrected chi connectivity index (χ4v) is 2.99. The van der Waals surface area contributed by atoms with Gasteiger partial charge in [0.05, 0.1) is 12.7 Å². The number of hydrogen-bond donors (Lipinski definition) is 2. The van der Waals surface area contributed by atoms with E-state index in [1.54, 1.807) is 25.4 Å². The molecular formula is C22H22ClN3O2. The van der Waals surface area contributed by atoms with E-state index in [4.69, 9.17) is 16.3 Å². The quantitative estimate of drug-likeness (QED) is 0.596. The van der Waals surface area contributed by atoms with Gasteiger partial charge in [0, 0.05) is 24.3 Å². The standard InChI is InChI=1S/C22H22ClN3O2/c1-28-20-9-5-3-6-16(20)12-13-24-22(27)18-10-11-21(26-15-18)25-14-17-7-2-4-8-19(17)23/h2-11,15H,12-14H2,1H3,(H,24,27)(H,25,26). The van der Waals surface area contributed by atoms with Crippen molar-refractivity contribution in [3.63, 3.8) is 0 Å². The summed E-state index contributed by atoms with van der Waals surface area (Å²) in [4.78, 5) is 16.6. The second kappa shape index (κ2) is 9.76. The van der Waals surface area contributed by atoms with E-state index in [2.05, 4.69) is 15.6 Å². The molecule has 2 N–H and O–H groups in total. The Morgan fingerprint density at radius 3 is 2.50 bits per heavy atom. The van der Waals surface area contributed by atoms with E-state index in [1.165, 1.54) is 0 Å². The summed E-state index contributed by atoms with van der Waals surface area (Å²) in [6.07, 6.45) is 2.26. The van der Waals surface area contributed by atoms with Crippen LogP contribution in [0.3, 0.4) is 0 Å². The van der Waals surface area contributed by atoms with Gasteiger partial charge in [0.25, 0.3) is 5.91 Å². The Labute approximate surface area is 169 Å². The van der Waals surface area contributed by atoms with Crippen LogP contribution in [0.15, 0.2) is 66.9 Å². The summed E-state index contributed by atoms with van der Waals surface area (Å²) in [6.45, 7) is 1.09. The number of halogens is 1. The zero-order chi connectivity index (χ0) is 19.8. The third kappa shape index (κ3) is 5.24. The predicted molar refractivity (Wildman–Crippen MR) is 112 cm³/mol. The van der Waals surface area contributed by atoms with Crippen LogP contribution in [-0.4, -0.2) is 24.5 Å². The van der Waals surface area contributed by atoms with Crippen LogP contribution in [0, 0.1) is 0 Å². The lowest BCUT2D eigenvalue weighted by Crippen LogP contribution is -2.25. The molecule has 5 nitrogen and oxygen atoms in total. The molecule has 1 aromatic heterocycles. The molecule has 0 aliphatic carbocycles. The smallest absolute Gasteiger partial charge is 0.252 e. The highest BCUT2D eigenvalue weighted by Crippen LogP contribution is 2.18. The summed E-state index contributed by atoms with van der Waals surface area (Å²) in [5, 5.41) is 6.82. The van der Waals surface area contributed by atoms with Crippen LogP contribution in [0.1, 0.15) is 21.5 Å². The van der Waals surface area contributed by atoms with E-state index in [9.17, 15) is 4.79 Å². The van der Waals surface area contributed by atoms with E-state index in [-0.39, 0.29) is 5.91 Å². The maximum atomic E-state index is 12.3. The van der Waals surface area contributed by atoms with Gasteiger partial charge in [-0.05, 0) is 41.8 Å². The lowest BCUT2D eigenvalue weighted by atomic mass is 10.1. The summed E-state index contributed by atoms with van der Waals surface area (Å²) in [5.74, 6) is 1.36. The van der Waals surface area contributed by atoms with Crippen LogP contribution in [0.4, 0.5) is 5.82 Å². The first-order valence-corrected chi connectivity index (χ1v) is 9.38. The normalized spacial score (nSPS) is 10.4. The first-order valence-electron chi connectivity index (χ1n) is 9.01. The summed E-state index contributed by atoms with van der Waals surface area (Å²) in [6, 6.07) is 19.0. The molecule has 28 heavy (non-hydrogen) atoms. The first-order chi connectivity index (χ1) is 13.7. The number of para-hydroxylation sites is 1. The summed E-state index contributed by atoms with van der Waals surface area (Å²) < 4.78 is 5.33. The molecule has 2 aromatic carbocycles. The zero-order valence-corrected chi connectivity index (χ0v) is 16.4. The second-order valence-corrected chi connectivity index (χ2v) is 6.60. The topological polar surface area (TPSA) is 63.2 Å². The van der Waals surface area contributed by atoms with Gasteiger partial charge in [0.2, 0.25) is 0 Å². The van der Waals surface area contributed by atoms with Crippen LogP contribution in [0.2, 0.25) is 5.02 Å². The molecule has 0 aliphatic rings. The van der Waals surface area contributed by atoms with Crippen molar-refractivity contribution in [2.24, 2.45) is 0 Å². The number of nitrogens with one attached hydrogen (secondary N) is 2. The average molecular weight is 396 g/mol. The van der Waals surface area contributed by atoms with Crippen LogP contribution >= 0.6 is 11.6 Å². The van der Waals surface area contributed by atoms with Crippen LogP contribution in [0.5, 0.6) is 5.75 Å². The van der Waals surface area contributed by atoms with Gasteiger partial charge >= 0.3 is 0 Å². The molecule has 1 heterocycles. The number of anilines is 1. The molecule has 6 heteroatoms. The van der Waals surface area contributed by atoms with Gasteiger partial charge in [-0.15, -0.1) is 0 Å². The van der Waals surface area contributed by atoms with Gasteiger partial charge in [0.1, 0.15) is 11.6 Å². The minimum atomic E-state index is -0.153. The van der Waals surface area contributed by atoms with Crippen molar-refractivity contribution in [1.82, 2.24) is 10.3 Å². The Kier molecular flexibility index (Phi) is 6.87. The highest BCUT2D eigenvalue weighted by atomic mass is 35.5. The number of nitrogens with zero attached hydrogens (tertiary/aromatic N) is 1. The highest BCUT2D eigenvalue weighted by molar-refractivity contribution is 6.31. The minimum absolute atomic E-state index is 0.153. The van der Waals surface area contributed by atoms with Crippen LogP contribution in [-0.2, 0) is 13.0 Å². The van der Waals surface area contributed by atoms with Gasteiger partial charge < -0.3 is 15.4 Å². The SMILES string of the molecule is COc1ccccc1CCNC(=O)c1ccc(NCc2ccccc2Cl)nc1. The number of amides is 1. The Hall–Kier alpha value is -3.05. The fraction of sp³-hybridized carbons (Fsp3) is 0.182. The molecule has 0 unspecified atom stereocenters. The number of carbonyl (C=O) groups excluding carboxylic acids is 1. The van der Waals surface area contributed by atoms with Gasteiger partial charge in [-0.25, -0.2) is 4.98 Å². The van der Waals surface area contributed by atoms with E-state index in [0.717, 1.165) is 16.9 Å². The lowest BCUT2D eigenvalue weighted by Gasteiger charge is -2.10. The largest absolute Gasteiger partial charge is 0.496 e. The maximum absolute atomic E-state index is 12.3. The monoisotopic (exact) mass is 395 g/mol. The van der Waals surface area contributed by atoms with E-state index in [0.29, 0.717) is 35.9 Å². The van der Waals surface area contributed by atoms with Gasteiger partial charge in [-0.1, -0.05) is 48.0 Å². The van der Waals surface area contributed by atoms with Crippen molar-refractivity contribution in [3.8, 4) is 5.75 Å². The first kappa shape index (κ1) is 19.7. The number of pyridine rings is 1. The maximum Gasteiger partial charge on any atom is 0.252 e. The average Bonchev–Trinajstić information content (AvgIpc) is 2.74. The highest BCUT2D eigenvalue weighted by Gasteiger charge is 2.07. The van der Waals surface area contributed by atoms with Crippen molar-refractivity contribution >= 4 is 23.3 Å². The van der Waals surface area contributed by atoms with E-state index in [1.807, 2.05) is 48.5 Å². The number of carbonyl (C=O) groups is 1. The summed E-state index contributed by atoms with van der Waals surface area (Å²) in [7, 11) is 1.64. The second-order valence-electron chi connectivity index (χ2n) is 6.19. The number of ether oxygens (including phenoxy) is 1. The molecule has 0 saturated carbocycles. The molecule has 0 radical (unpaired) electrons. The Morgan fingerprint density at radius 1 is 1.04 bits per heavy atom. The van der Waals surface area contributed by atoms with Gasteiger partial charge in [-0.2, -0.15) is 0 Å². The molecule has 0 spiro atoms. The number of hydrogen-bond acceptors (Lipinski definition) is 4. The number of benzene rings is 2. The van der Waals surface area contributed by atoms with E-state index < -0.39 is 0 Å². The van der Waals surface area contributed by atoms with Crippen LogP contribution < -0.4 is 15.4 Å². The molecule has 0 saturated heterocycles. The third-order valence-corrected chi connectivity index (χ3v) is 4.68. The molecule has 0 bridgehead atoms. The molecule has 0 fully saturated rings. The molecule has 3 aromatic rings. The van der Waals surface area contributed by atoms with Crippen molar-refractivity contribution in [2.75, 3.05) is 19.0 Å². The molecule has 0 aliphatic heterocycles. The number of rotatable bonds is 8. The molecule has 1 amide bonds. The van der Waals surface area contributed by atoms with Gasteiger partial charge in [0.15, 0.2) is 0 Å². The van der Waals surface area contributed by atoms with Crippen molar-refractivity contribution < 1.29 is 9.53 Å². The van der Waals surface area contributed by atoms with Gasteiger partial charge in [-0.3, -0.25) is 4.79 Å². The molecule has 144 valence electrons. The van der Waals surface area contributed by atoms with Crippen molar-refractivity contribution in [3.05, 3.63) is 88.6 Å². The number of aromatic nitrogens is 1. The predicted octanol–water partition coefficient (Wildman–Crippen LogP) is 4.33.